The van der Waals surface area contributed by atoms with Crippen LogP contribution in [-0.2, 0) is 0 Å². The molecule has 0 atom stereocenters. The highest BCUT2D eigenvalue weighted by Crippen LogP contribution is 2.29. The molecule has 5 nitrogen and oxygen atoms in total. The standard InChI is InChI=1S/C11H14N2O3/c12-10-7-9(5-6-11(10)13(14)15)16-8-3-1-2-4-8/h5-8H,1-4,12H2. The molecule has 1 aliphatic rings. The molecule has 1 aliphatic carbocycles. The zero-order valence-electron chi connectivity index (χ0n) is 8.89. The Labute approximate surface area is 93.4 Å². The SMILES string of the molecule is Nc1cc(OC2CCCC2)ccc1[N+](=O)[O-]. The van der Waals surface area contributed by atoms with E-state index in [1.165, 1.54) is 25.0 Å². The summed E-state index contributed by atoms with van der Waals surface area (Å²) >= 11 is 0. The summed E-state index contributed by atoms with van der Waals surface area (Å²) in [6.07, 6.45) is 4.72. The molecule has 2 rings (SSSR count). The molecule has 1 aromatic carbocycles. The Morgan fingerprint density at radius 3 is 2.62 bits per heavy atom. The molecule has 16 heavy (non-hydrogen) atoms. The number of ether oxygens (including phenoxy) is 1. The van der Waals surface area contributed by atoms with Crippen LogP contribution in [0.1, 0.15) is 25.7 Å². The maximum atomic E-state index is 10.6. The largest absolute Gasteiger partial charge is 0.490 e. The molecule has 0 heterocycles. The summed E-state index contributed by atoms with van der Waals surface area (Å²) in [6, 6.07) is 4.52. The second-order valence-corrected chi connectivity index (χ2v) is 4.00. The first-order valence-electron chi connectivity index (χ1n) is 5.37. The van der Waals surface area contributed by atoms with Gasteiger partial charge in [-0.25, -0.2) is 0 Å². The van der Waals surface area contributed by atoms with E-state index < -0.39 is 4.92 Å². The smallest absolute Gasteiger partial charge is 0.292 e. The molecule has 0 spiro atoms. The van der Waals surface area contributed by atoms with Gasteiger partial charge in [0.25, 0.3) is 5.69 Å². The van der Waals surface area contributed by atoms with E-state index in [4.69, 9.17) is 10.5 Å². The van der Waals surface area contributed by atoms with Crippen molar-refractivity contribution in [2.24, 2.45) is 0 Å². The third kappa shape index (κ3) is 2.24. The Morgan fingerprint density at radius 1 is 1.38 bits per heavy atom. The summed E-state index contributed by atoms with van der Waals surface area (Å²) in [5.41, 5.74) is 5.66. The first-order valence-corrected chi connectivity index (χ1v) is 5.37. The number of rotatable bonds is 3. The van der Waals surface area contributed by atoms with Crippen molar-refractivity contribution in [3.8, 4) is 5.75 Å². The number of hydrogen-bond donors (Lipinski definition) is 1. The fourth-order valence-electron chi connectivity index (χ4n) is 1.97. The summed E-state index contributed by atoms with van der Waals surface area (Å²) in [5, 5.41) is 10.6. The molecule has 1 fully saturated rings. The highest BCUT2D eigenvalue weighted by molar-refractivity contribution is 5.60. The lowest BCUT2D eigenvalue weighted by Gasteiger charge is -2.13. The molecule has 0 bridgehead atoms. The van der Waals surface area contributed by atoms with E-state index in [0.29, 0.717) is 5.75 Å². The van der Waals surface area contributed by atoms with Crippen molar-refractivity contribution in [1.82, 2.24) is 0 Å². The van der Waals surface area contributed by atoms with E-state index in [9.17, 15) is 10.1 Å². The van der Waals surface area contributed by atoms with Crippen LogP contribution in [0.3, 0.4) is 0 Å². The lowest BCUT2D eigenvalue weighted by Crippen LogP contribution is -2.11. The van der Waals surface area contributed by atoms with Gasteiger partial charge in [0.1, 0.15) is 11.4 Å². The fraction of sp³-hybridized carbons (Fsp3) is 0.455. The van der Waals surface area contributed by atoms with Crippen molar-refractivity contribution in [2.45, 2.75) is 31.8 Å². The Hall–Kier alpha value is -1.78. The van der Waals surface area contributed by atoms with Crippen molar-refractivity contribution in [2.75, 3.05) is 5.73 Å². The lowest BCUT2D eigenvalue weighted by atomic mass is 10.2. The number of nitrogens with two attached hydrogens (primary N) is 1. The molecule has 0 aromatic heterocycles. The first kappa shape index (κ1) is 10.7. The van der Waals surface area contributed by atoms with Crippen molar-refractivity contribution in [1.29, 1.82) is 0 Å². The summed E-state index contributed by atoms with van der Waals surface area (Å²) in [4.78, 5) is 10.1. The van der Waals surface area contributed by atoms with Gasteiger partial charge in [-0.3, -0.25) is 10.1 Å². The predicted molar refractivity (Wildman–Crippen MR) is 60.4 cm³/mol. The number of hydrogen-bond acceptors (Lipinski definition) is 4. The minimum atomic E-state index is -0.491. The van der Waals surface area contributed by atoms with Crippen molar-refractivity contribution in [3.05, 3.63) is 28.3 Å². The summed E-state index contributed by atoms with van der Waals surface area (Å²) in [7, 11) is 0. The van der Waals surface area contributed by atoms with Gasteiger partial charge in [-0.15, -0.1) is 0 Å². The Bertz CT molecular complexity index is 400. The summed E-state index contributed by atoms with van der Waals surface area (Å²) in [6.45, 7) is 0. The van der Waals surface area contributed by atoms with E-state index in [1.54, 1.807) is 6.07 Å². The van der Waals surface area contributed by atoms with Gasteiger partial charge in [-0.1, -0.05) is 0 Å². The van der Waals surface area contributed by atoms with E-state index in [0.717, 1.165) is 12.8 Å². The van der Waals surface area contributed by atoms with Gasteiger partial charge in [0, 0.05) is 12.1 Å². The van der Waals surface area contributed by atoms with E-state index >= 15 is 0 Å². The van der Waals surface area contributed by atoms with Gasteiger partial charge in [0.05, 0.1) is 11.0 Å². The number of nitrogens with zero attached hydrogens (tertiary/aromatic N) is 1. The average Bonchev–Trinajstić information content (AvgIpc) is 2.70. The van der Waals surface area contributed by atoms with Crippen molar-refractivity contribution >= 4 is 11.4 Å². The Balaban J connectivity index is 2.11. The third-order valence-electron chi connectivity index (χ3n) is 2.80. The van der Waals surface area contributed by atoms with Gasteiger partial charge >= 0.3 is 0 Å². The molecule has 2 N–H and O–H groups in total. The van der Waals surface area contributed by atoms with Gasteiger partial charge in [-0.05, 0) is 31.7 Å². The second kappa shape index (κ2) is 4.38. The van der Waals surface area contributed by atoms with E-state index in [1.807, 2.05) is 0 Å². The van der Waals surface area contributed by atoms with Crippen LogP contribution in [0.25, 0.3) is 0 Å². The van der Waals surface area contributed by atoms with Crippen LogP contribution in [0, 0.1) is 10.1 Å². The maximum Gasteiger partial charge on any atom is 0.292 e. The highest BCUT2D eigenvalue weighted by Gasteiger charge is 2.18. The van der Waals surface area contributed by atoms with Crippen LogP contribution in [0.5, 0.6) is 5.75 Å². The number of nitro benzene ring substituents is 1. The van der Waals surface area contributed by atoms with Gasteiger partial charge in [0.15, 0.2) is 0 Å². The van der Waals surface area contributed by atoms with Crippen LogP contribution in [0.4, 0.5) is 11.4 Å². The van der Waals surface area contributed by atoms with Crippen LogP contribution in [0.2, 0.25) is 0 Å². The quantitative estimate of drug-likeness (QED) is 0.484. The molecule has 0 aliphatic heterocycles. The molecule has 0 saturated heterocycles. The zero-order valence-corrected chi connectivity index (χ0v) is 8.89. The topological polar surface area (TPSA) is 78.4 Å². The molecule has 5 heteroatoms. The van der Waals surface area contributed by atoms with Gasteiger partial charge in [0.2, 0.25) is 0 Å². The molecular formula is C11H14N2O3. The lowest BCUT2D eigenvalue weighted by molar-refractivity contribution is -0.383. The van der Waals surface area contributed by atoms with Gasteiger partial charge in [-0.2, -0.15) is 0 Å². The van der Waals surface area contributed by atoms with Crippen LogP contribution < -0.4 is 10.5 Å². The summed E-state index contributed by atoms with van der Waals surface area (Å²) in [5.74, 6) is 0.620. The monoisotopic (exact) mass is 222 g/mol. The minimum Gasteiger partial charge on any atom is -0.490 e. The molecular weight excluding hydrogens is 208 g/mol. The van der Waals surface area contributed by atoms with E-state index in [2.05, 4.69) is 0 Å². The average molecular weight is 222 g/mol. The Kier molecular flexibility index (Phi) is 2.94. The fourth-order valence-corrected chi connectivity index (χ4v) is 1.97. The number of nitrogen functional groups attached to an aromatic ring is 1. The normalized spacial score (nSPS) is 16.2. The third-order valence-corrected chi connectivity index (χ3v) is 2.80. The number of benzene rings is 1. The summed E-state index contributed by atoms with van der Waals surface area (Å²) < 4.78 is 5.69. The number of nitro groups is 1. The molecule has 0 radical (unpaired) electrons. The second-order valence-electron chi connectivity index (χ2n) is 4.00. The molecule has 1 saturated carbocycles. The highest BCUT2D eigenvalue weighted by atomic mass is 16.6. The number of anilines is 1. The molecule has 0 amide bonds. The molecule has 0 unspecified atom stereocenters. The van der Waals surface area contributed by atoms with Crippen LogP contribution in [-0.4, -0.2) is 11.0 Å². The predicted octanol–water partition coefficient (Wildman–Crippen LogP) is 2.50. The first-order chi connectivity index (χ1) is 7.66. The van der Waals surface area contributed by atoms with Gasteiger partial charge < -0.3 is 10.5 Å². The van der Waals surface area contributed by atoms with Crippen molar-refractivity contribution in [3.63, 3.8) is 0 Å². The van der Waals surface area contributed by atoms with Crippen LogP contribution >= 0.6 is 0 Å². The van der Waals surface area contributed by atoms with Crippen LogP contribution in [0.15, 0.2) is 18.2 Å². The van der Waals surface area contributed by atoms with E-state index in [-0.39, 0.29) is 17.5 Å². The molecule has 1 aromatic rings. The molecule has 86 valence electrons. The Morgan fingerprint density at radius 2 is 2.06 bits per heavy atom. The van der Waals surface area contributed by atoms with Crippen molar-refractivity contribution < 1.29 is 9.66 Å². The maximum absolute atomic E-state index is 10.6. The minimum absolute atomic E-state index is 0.0706. The zero-order chi connectivity index (χ0) is 11.5.